The molecule has 0 aliphatic rings. The maximum Gasteiger partial charge on any atom is 0.310 e. The smallest absolute Gasteiger partial charge is 0.310 e. The molecule has 0 bridgehead atoms. The van der Waals surface area contributed by atoms with Crippen molar-refractivity contribution in [2.75, 3.05) is 6.61 Å². The van der Waals surface area contributed by atoms with Crippen LogP contribution in [0.3, 0.4) is 0 Å². The third-order valence-corrected chi connectivity index (χ3v) is 2.39. The number of carbonyl (C=O) groups is 1. The molecular formula is C16H24O4. The van der Waals surface area contributed by atoms with Crippen LogP contribution in [0.25, 0.3) is 0 Å². The fourth-order valence-corrected chi connectivity index (χ4v) is 1.74. The number of esters is 1. The van der Waals surface area contributed by atoms with Gasteiger partial charge in [0.15, 0.2) is 11.5 Å². The summed E-state index contributed by atoms with van der Waals surface area (Å²) in [6, 6.07) is 5.54. The Morgan fingerprint density at radius 1 is 1.05 bits per heavy atom. The van der Waals surface area contributed by atoms with Crippen LogP contribution in [-0.4, -0.2) is 24.8 Å². The van der Waals surface area contributed by atoms with E-state index in [0.717, 1.165) is 5.56 Å². The Balaban J connectivity index is 2.91. The lowest BCUT2D eigenvalue weighted by atomic mass is 10.1. The molecule has 20 heavy (non-hydrogen) atoms. The molecule has 0 N–H and O–H groups in total. The average molecular weight is 280 g/mol. The number of ether oxygens (including phenoxy) is 3. The normalized spacial score (nSPS) is 10.8. The first-order chi connectivity index (χ1) is 9.42. The molecule has 4 nitrogen and oxygen atoms in total. The van der Waals surface area contributed by atoms with E-state index in [2.05, 4.69) is 0 Å². The van der Waals surface area contributed by atoms with Crippen LogP contribution < -0.4 is 9.47 Å². The van der Waals surface area contributed by atoms with Gasteiger partial charge in [0.05, 0.1) is 25.2 Å². The first-order valence-electron chi connectivity index (χ1n) is 7.04. The molecule has 0 amide bonds. The Bertz CT molecular complexity index is 438. The third kappa shape index (κ3) is 5.51. The molecule has 0 aliphatic carbocycles. The molecule has 0 fully saturated rings. The van der Waals surface area contributed by atoms with Crippen LogP contribution in [0.15, 0.2) is 18.2 Å². The Morgan fingerprint density at radius 3 is 2.20 bits per heavy atom. The molecule has 0 atom stereocenters. The summed E-state index contributed by atoms with van der Waals surface area (Å²) in [6.07, 6.45) is 0.354. The molecule has 0 unspecified atom stereocenters. The van der Waals surface area contributed by atoms with Crippen molar-refractivity contribution in [2.45, 2.75) is 53.2 Å². The van der Waals surface area contributed by atoms with Gasteiger partial charge < -0.3 is 14.2 Å². The maximum absolute atomic E-state index is 11.5. The highest BCUT2D eigenvalue weighted by Gasteiger charge is 2.12. The summed E-state index contributed by atoms with van der Waals surface area (Å²) in [4.78, 5) is 11.5. The van der Waals surface area contributed by atoms with Crippen molar-refractivity contribution in [3.05, 3.63) is 23.8 Å². The van der Waals surface area contributed by atoms with Crippen molar-refractivity contribution in [3.8, 4) is 11.5 Å². The van der Waals surface area contributed by atoms with Gasteiger partial charge in [-0.15, -0.1) is 0 Å². The minimum Gasteiger partial charge on any atom is -0.487 e. The second kappa shape index (κ2) is 7.78. The van der Waals surface area contributed by atoms with E-state index in [0.29, 0.717) is 18.1 Å². The van der Waals surface area contributed by atoms with E-state index in [1.807, 2.05) is 45.9 Å². The van der Waals surface area contributed by atoms with Gasteiger partial charge in [-0.2, -0.15) is 0 Å². The monoisotopic (exact) mass is 280 g/mol. The summed E-state index contributed by atoms with van der Waals surface area (Å²) >= 11 is 0. The zero-order valence-corrected chi connectivity index (χ0v) is 12.9. The van der Waals surface area contributed by atoms with Crippen LogP contribution in [0.2, 0.25) is 0 Å². The van der Waals surface area contributed by atoms with E-state index in [1.54, 1.807) is 6.92 Å². The summed E-state index contributed by atoms with van der Waals surface area (Å²) in [6.45, 7) is 10.0. The molecular weight excluding hydrogens is 256 g/mol. The van der Waals surface area contributed by atoms with Crippen LogP contribution >= 0.6 is 0 Å². The highest BCUT2D eigenvalue weighted by Crippen LogP contribution is 2.30. The molecule has 0 saturated heterocycles. The van der Waals surface area contributed by atoms with E-state index in [4.69, 9.17) is 14.2 Å². The number of carbonyl (C=O) groups excluding carboxylic acids is 1. The standard InChI is InChI=1S/C16H24O4/c1-6-18-16(17)10-13-7-8-14(19-11(2)3)15(9-13)20-12(4)5/h7-9,11-12H,6,10H2,1-5H3. The number of hydrogen-bond acceptors (Lipinski definition) is 4. The molecule has 0 radical (unpaired) electrons. The van der Waals surface area contributed by atoms with Crippen molar-refractivity contribution < 1.29 is 19.0 Å². The average Bonchev–Trinajstić information content (AvgIpc) is 2.31. The van der Waals surface area contributed by atoms with Crippen LogP contribution in [0.4, 0.5) is 0 Å². The summed E-state index contributed by atoms with van der Waals surface area (Å²) in [5.74, 6) is 1.12. The van der Waals surface area contributed by atoms with Crippen molar-refractivity contribution in [1.29, 1.82) is 0 Å². The lowest BCUT2D eigenvalue weighted by molar-refractivity contribution is -0.142. The molecule has 112 valence electrons. The summed E-state index contributed by atoms with van der Waals surface area (Å²) in [7, 11) is 0. The van der Waals surface area contributed by atoms with E-state index >= 15 is 0 Å². The van der Waals surface area contributed by atoms with Gasteiger partial charge in [-0.1, -0.05) is 6.07 Å². The lowest BCUT2D eigenvalue weighted by Crippen LogP contribution is -2.12. The van der Waals surface area contributed by atoms with Gasteiger partial charge in [-0.3, -0.25) is 4.79 Å². The molecule has 1 rings (SSSR count). The molecule has 0 heterocycles. The molecule has 0 aliphatic heterocycles. The summed E-state index contributed by atoms with van der Waals surface area (Å²) in [5, 5.41) is 0. The van der Waals surface area contributed by atoms with Crippen LogP contribution in [0, 0.1) is 0 Å². The maximum atomic E-state index is 11.5. The van der Waals surface area contributed by atoms with E-state index in [9.17, 15) is 4.79 Å². The number of rotatable bonds is 7. The van der Waals surface area contributed by atoms with Crippen LogP contribution in [0.1, 0.15) is 40.2 Å². The minimum atomic E-state index is -0.236. The van der Waals surface area contributed by atoms with Crippen LogP contribution in [-0.2, 0) is 16.0 Å². The van der Waals surface area contributed by atoms with Gasteiger partial charge in [0.1, 0.15) is 0 Å². The predicted octanol–water partition coefficient (Wildman–Crippen LogP) is 3.37. The fraction of sp³-hybridized carbons (Fsp3) is 0.562. The SMILES string of the molecule is CCOC(=O)Cc1ccc(OC(C)C)c(OC(C)C)c1. The molecule has 4 heteroatoms. The van der Waals surface area contributed by atoms with Gasteiger partial charge in [0, 0.05) is 0 Å². The highest BCUT2D eigenvalue weighted by atomic mass is 16.5. The van der Waals surface area contributed by atoms with Crippen molar-refractivity contribution in [2.24, 2.45) is 0 Å². The molecule has 1 aromatic carbocycles. The summed E-state index contributed by atoms with van der Waals surface area (Å²) in [5.41, 5.74) is 0.857. The molecule has 0 aromatic heterocycles. The van der Waals surface area contributed by atoms with Crippen molar-refractivity contribution in [3.63, 3.8) is 0 Å². The molecule has 1 aromatic rings. The van der Waals surface area contributed by atoms with Gasteiger partial charge in [-0.25, -0.2) is 0 Å². The quantitative estimate of drug-likeness (QED) is 0.718. The van der Waals surface area contributed by atoms with Gasteiger partial charge in [-0.05, 0) is 52.3 Å². The zero-order chi connectivity index (χ0) is 15.1. The van der Waals surface area contributed by atoms with E-state index < -0.39 is 0 Å². The first kappa shape index (κ1) is 16.3. The second-order valence-electron chi connectivity index (χ2n) is 5.10. The summed E-state index contributed by atoms with van der Waals surface area (Å²) < 4.78 is 16.4. The predicted molar refractivity (Wildman–Crippen MR) is 78.3 cm³/mol. The Morgan fingerprint density at radius 2 is 1.65 bits per heavy atom. The first-order valence-corrected chi connectivity index (χ1v) is 7.04. The second-order valence-corrected chi connectivity index (χ2v) is 5.10. The Kier molecular flexibility index (Phi) is 6.36. The largest absolute Gasteiger partial charge is 0.487 e. The fourth-order valence-electron chi connectivity index (χ4n) is 1.74. The van der Waals surface area contributed by atoms with Crippen molar-refractivity contribution >= 4 is 5.97 Å². The third-order valence-electron chi connectivity index (χ3n) is 2.39. The number of hydrogen-bond donors (Lipinski definition) is 0. The lowest BCUT2D eigenvalue weighted by Gasteiger charge is -2.17. The minimum absolute atomic E-state index is 0.0438. The van der Waals surface area contributed by atoms with Gasteiger partial charge in [0.2, 0.25) is 0 Å². The highest BCUT2D eigenvalue weighted by molar-refractivity contribution is 5.72. The Hall–Kier alpha value is -1.71. The van der Waals surface area contributed by atoms with Crippen LogP contribution in [0.5, 0.6) is 11.5 Å². The molecule has 0 spiro atoms. The van der Waals surface area contributed by atoms with Gasteiger partial charge in [0.25, 0.3) is 0 Å². The topological polar surface area (TPSA) is 44.8 Å². The number of benzene rings is 1. The molecule has 0 saturated carbocycles. The van der Waals surface area contributed by atoms with E-state index in [-0.39, 0.29) is 24.6 Å². The van der Waals surface area contributed by atoms with E-state index in [1.165, 1.54) is 0 Å². The van der Waals surface area contributed by atoms with Crippen molar-refractivity contribution in [1.82, 2.24) is 0 Å². The zero-order valence-electron chi connectivity index (χ0n) is 12.9. The van der Waals surface area contributed by atoms with Gasteiger partial charge >= 0.3 is 5.97 Å². The Labute approximate surface area is 121 Å².